The molecule has 6 heteroatoms. The molecule has 0 heterocycles. The number of methoxy groups -OCH3 is 2. The van der Waals surface area contributed by atoms with E-state index >= 15 is 0 Å². The summed E-state index contributed by atoms with van der Waals surface area (Å²) in [5, 5.41) is 22.9. The average Bonchev–Trinajstić information content (AvgIpc) is 3.23. The molecule has 0 aromatic heterocycles. The summed E-state index contributed by atoms with van der Waals surface area (Å²) in [6, 6.07) is 24.9. The van der Waals surface area contributed by atoms with E-state index in [-0.39, 0.29) is 23.3 Å². The van der Waals surface area contributed by atoms with E-state index in [0.717, 1.165) is 22.3 Å². The first kappa shape index (κ1) is 30.4. The lowest BCUT2D eigenvalue weighted by Crippen LogP contribution is -2.17. The van der Waals surface area contributed by atoms with E-state index in [0.29, 0.717) is 22.6 Å². The topological polar surface area (TPSA) is 93.1 Å². The molecule has 2 unspecified atom stereocenters. The predicted molar refractivity (Wildman–Crippen MR) is 167 cm³/mol. The van der Waals surface area contributed by atoms with Crippen LogP contribution in [-0.4, -0.2) is 24.4 Å². The van der Waals surface area contributed by atoms with Crippen molar-refractivity contribution in [2.45, 2.75) is 51.4 Å². The smallest absolute Gasteiger partial charge is 0.220 e. The van der Waals surface area contributed by atoms with E-state index in [9.17, 15) is 19.8 Å². The van der Waals surface area contributed by atoms with E-state index in [4.69, 9.17) is 9.47 Å². The minimum Gasteiger partial charge on any atom is -0.504 e. The summed E-state index contributed by atoms with van der Waals surface area (Å²) in [5.74, 6) is -0.722. The minimum atomic E-state index is -0.681. The van der Waals surface area contributed by atoms with Crippen LogP contribution in [0.5, 0.6) is 23.0 Å². The molecule has 0 aliphatic carbocycles. The zero-order valence-electron chi connectivity index (χ0n) is 24.9. The number of hydrogen-bond donors (Lipinski definition) is 2. The first-order valence-corrected chi connectivity index (χ1v) is 14.1. The van der Waals surface area contributed by atoms with Crippen LogP contribution in [0, 0.1) is 0 Å². The second-order valence-corrected chi connectivity index (χ2v) is 11.1. The molecule has 4 aromatic rings. The molecule has 42 heavy (non-hydrogen) atoms. The van der Waals surface area contributed by atoms with Crippen LogP contribution in [0.3, 0.4) is 0 Å². The average molecular weight is 567 g/mol. The lowest BCUT2D eigenvalue weighted by molar-refractivity contribution is 0.414. The fourth-order valence-electron chi connectivity index (χ4n) is 5.30. The van der Waals surface area contributed by atoms with Gasteiger partial charge in [-0.3, -0.25) is 9.59 Å². The molecule has 0 saturated heterocycles. The zero-order chi connectivity index (χ0) is 30.6. The van der Waals surface area contributed by atoms with Gasteiger partial charge in [-0.1, -0.05) is 76.2 Å². The largest absolute Gasteiger partial charge is 0.504 e. The zero-order valence-corrected chi connectivity index (χ0v) is 24.9. The molecular weight excluding hydrogens is 528 g/mol. The van der Waals surface area contributed by atoms with E-state index in [1.54, 1.807) is 26.4 Å². The highest BCUT2D eigenvalue weighted by Gasteiger charge is 2.33. The third-order valence-corrected chi connectivity index (χ3v) is 7.81. The van der Waals surface area contributed by atoms with Gasteiger partial charge in [0.05, 0.1) is 14.2 Å². The van der Waals surface area contributed by atoms with Crippen LogP contribution < -0.4 is 20.3 Å². The molecule has 0 saturated carbocycles. The lowest BCUT2D eigenvalue weighted by atomic mass is 9.73. The molecule has 0 radical (unpaired) electrons. The Hall–Kier alpha value is -4.58. The standard InChI is InChI=1S/C36H38O6/c1-21(2)25-11-17-29(35(39)31(37)19-25)33(23-7-13-27(41-5)14-8-23)34(24-9-15-28(42-6)16-10-24)30-18-12-26(22(3)4)20-32(38)36(30)40/h7-22,33-34H,1-6H3,(H,37,39)(H,38,40). The van der Waals surface area contributed by atoms with Gasteiger partial charge in [0.15, 0.2) is 11.5 Å². The monoisotopic (exact) mass is 566 g/mol. The van der Waals surface area contributed by atoms with Crippen molar-refractivity contribution in [2.75, 3.05) is 14.2 Å². The van der Waals surface area contributed by atoms with Gasteiger partial charge in [0.25, 0.3) is 0 Å². The van der Waals surface area contributed by atoms with Crippen LogP contribution >= 0.6 is 0 Å². The highest BCUT2D eigenvalue weighted by atomic mass is 16.5. The summed E-state index contributed by atoms with van der Waals surface area (Å²) in [7, 11) is 3.16. The predicted octanol–water partition coefficient (Wildman–Crippen LogP) is 7.05. The fourth-order valence-corrected chi connectivity index (χ4v) is 5.30. The van der Waals surface area contributed by atoms with Crippen LogP contribution in [0.2, 0.25) is 0 Å². The second kappa shape index (κ2) is 12.9. The Labute approximate surface area is 246 Å². The molecular formula is C36H38O6. The molecule has 6 nitrogen and oxygen atoms in total. The van der Waals surface area contributed by atoms with E-state index in [1.807, 2.05) is 88.4 Å². The first-order valence-electron chi connectivity index (χ1n) is 14.1. The van der Waals surface area contributed by atoms with Crippen LogP contribution in [0.1, 0.15) is 84.7 Å². The number of hydrogen-bond acceptors (Lipinski definition) is 6. The number of aromatic hydroxyl groups is 2. The SMILES string of the molecule is COc1ccc(C(c2ccc(C(C)C)cc(=O)c2O)C(c2ccc(OC)cc2)c2ccc(C(C)C)cc(=O)c2O)cc1. The van der Waals surface area contributed by atoms with E-state index < -0.39 is 22.7 Å². The summed E-state index contributed by atoms with van der Waals surface area (Å²) in [6.45, 7) is 7.93. The second-order valence-electron chi connectivity index (χ2n) is 11.1. The van der Waals surface area contributed by atoms with Crippen molar-refractivity contribution >= 4 is 0 Å². The molecule has 4 rings (SSSR count). The van der Waals surface area contributed by atoms with E-state index in [2.05, 4.69) is 0 Å². The number of rotatable bonds is 9. The van der Waals surface area contributed by atoms with Crippen LogP contribution in [0.25, 0.3) is 0 Å². The molecule has 4 aromatic carbocycles. The van der Waals surface area contributed by atoms with Crippen LogP contribution in [0.15, 0.2) is 94.5 Å². The summed E-state index contributed by atoms with van der Waals surface area (Å²) in [6.07, 6.45) is 0. The summed E-state index contributed by atoms with van der Waals surface area (Å²) < 4.78 is 10.8. The van der Waals surface area contributed by atoms with Crippen molar-refractivity contribution in [1.29, 1.82) is 0 Å². The maximum atomic E-state index is 13.3. The molecule has 0 amide bonds. The molecule has 0 aliphatic heterocycles. The Morgan fingerprint density at radius 2 is 0.810 bits per heavy atom. The Bertz CT molecular complexity index is 1530. The van der Waals surface area contributed by atoms with Gasteiger partial charge >= 0.3 is 0 Å². The van der Waals surface area contributed by atoms with Crippen LogP contribution in [-0.2, 0) is 0 Å². The normalized spacial score (nSPS) is 12.7. The minimum absolute atomic E-state index is 0.0591. The van der Waals surface area contributed by atoms with Gasteiger partial charge in [-0.25, -0.2) is 0 Å². The van der Waals surface area contributed by atoms with Gasteiger partial charge in [0, 0.05) is 23.0 Å². The Balaban J connectivity index is 2.14. The summed E-state index contributed by atoms with van der Waals surface area (Å²) in [4.78, 5) is 26.6. The van der Waals surface area contributed by atoms with Crippen molar-refractivity contribution < 1.29 is 19.7 Å². The van der Waals surface area contributed by atoms with Crippen molar-refractivity contribution in [3.05, 3.63) is 139 Å². The molecule has 0 fully saturated rings. The van der Waals surface area contributed by atoms with E-state index in [1.165, 1.54) is 12.1 Å². The van der Waals surface area contributed by atoms with Crippen molar-refractivity contribution in [3.8, 4) is 23.0 Å². The number of ether oxygens (including phenoxy) is 2. The van der Waals surface area contributed by atoms with Crippen molar-refractivity contribution in [2.24, 2.45) is 0 Å². The Morgan fingerprint density at radius 1 is 0.500 bits per heavy atom. The molecule has 0 aliphatic rings. The van der Waals surface area contributed by atoms with Gasteiger partial charge in [-0.2, -0.15) is 0 Å². The highest BCUT2D eigenvalue weighted by Crippen LogP contribution is 2.47. The Kier molecular flexibility index (Phi) is 9.36. The van der Waals surface area contributed by atoms with Gasteiger partial charge in [-0.15, -0.1) is 0 Å². The lowest BCUT2D eigenvalue weighted by Gasteiger charge is -2.29. The third kappa shape index (κ3) is 6.33. The number of benzene rings is 2. The maximum absolute atomic E-state index is 13.3. The first-order chi connectivity index (χ1) is 20.0. The quantitative estimate of drug-likeness (QED) is 0.226. The highest BCUT2D eigenvalue weighted by molar-refractivity contribution is 5.53. The molecule has 0 bridgehead atoms. The molecule has 218 valence electrons. The van der Waals surface area contributed by atoms with Gasteiger partial charge in [-0.05, 0) is 70.5 Å². The fraction of sp³-hybridized carbons (Fsp3) is 0.278. The van der Waals surface area contributed by atoms with Crippen molar-refractivity contribution in [1.82, 2.24) is 0 Å². The third-order valence-electron chi connectivity index (χ3n) is 7.81. The van der Waals surface area contributed by atoms with Crippen LogP contribution in [0.4, 0.5) is 0 Å². The van der Waals surface area contributed by atoms with Gasteiger partial charge in [0.2, 0.25) is 10.9 Å². The Morgan fingerprint density at radius 3 is 1.10 bits per heavy atom. The van der Waals surface area contributed by atoms with Gasteiger partial charge < -0.3 is 19.7 Å². The molecule has 2 N–H and O–H groups in total. The van der Waals surface area contributed by atoms with Gasteiger partial charge in [0.1, 0.15) is 11.5 Å². The summed E-state index contributed by atoms with van der Waals surface area (Å²) in [5.41, 5.74) is 2.83. The summed E-state index contributed by atoms with van der Waals surface area (Å²) >= 11 is 0. The molecule has 0 spiro atoms. The molecule has 2 atom stereocenters. The maximum Gasteiger partial charge on any atom is 0.220 e. The van der Waals surface area contributed by atoms with Crippen molar-refractivity contribution in [3.63, 3.8) is 0 Å².